The van der Waals surface area contributed by atoms with Gasteiger partial charge in [-0.1, -0.05) is 6.92 Å². The van der Waals surface area contributed by atoms with Gasteiger partial charge < -0.3 is 29.7 Å². The van der Waals surface area contributed by atoms with Gasteiger partial charge >= 0.3 is 6.18 Å². The maximum Gasteiger partial charge on any atom is 0.416 e. The molecule has 2 N–H and O–H groups in total. The number of hydrogen-bond donors (Lipinski definition) is 2. The van der Waals surface area contributed by atoms with Crippen molar-refractivity contribution in [2.45, 2.75) is 57.9 Å². The number of aromatic hydroxyl groups is 1. The van der Waals surface area contributed by atoms with Crippen LogP contribution in [0.4, 0.5) is 30.4 Å². The number of fused-ring (bicyclic) bond motifs is 2. The molecule has 252 valence electrons. The van der Waals surface area contributed by atoms with Crippen molar-refractivity contribution >= 4 is 40.2 Å². The number of amides is 2. The summed E-state index contributed by atoms with van der Waals surface area (Å²) in [6, 6.07) is 3.67. The number of carbonyl (C=O) groups excluding carboxylic acids is 2. The number of halogens is 3. The third kappa shape index (κ3) is 5.75. The molecule has 1 aliphatic heterocycles. The Labute approximate surface area is 273 Å². The molecule has 3 aromatic heterocycles. The fourth-order valence-corrected chi connectivity index (χ4v) is 6.38. The number of nitrogens with one attached hydrogen (secondary N) is 1. The number of rotatable bonds is 7. The summed E-state index contributed by atoms with van der Waals surface area (Å²) in [6.45, 7) is 3.70. The van der Waals surface area contributed by atoms with Crippen molar-refractivity contribution in [3.63, 3.8) is 0 Å². The predicted octanol–water partition coefficient (Wildman–Crippen LogP) is 3.37. The van der Waals surface area contributed by atoms with Crippen molar-refractivity contribution < 1.29 is 27.9 Å². The average molecular weight is 666 g/mol. The summed E-state index contributed by atoms with van der Waals surface area (Å²) < 4.78 is 40.8. The molecule has 1 saturated heterocycles. The number of aryl methyl sites for hydroxylation is 1. The molecule has 1 aromatic carbocycles. The summed E-state index contributed by atoms with van der Waals surface area (Å²) in [5.41, 5.74) is 0.367. The minimum absolute atomic E-state index is 0.0616. The van der Waals surface area contributed by atoms with Gasteiger partial charge in [0, 0.05) is 44.6 Å². The van der Waals surface area contributed by atoms with Crippen LogP contribution in [0, 0.1) is 6.92 Å². The molecule has 0 radical (unpaired) electrons. The number of anilines is 3. The smallest absolute Gasteiger partial charge is 0.416 e. The van der Waals surface area contributed by atoms with E-state index < -0.39 is 23.6 Å². The van der Waals surface area contributed by atoms with Crippen molar-refractivity contribution in [1.29, 1.82) is 0 Å². The first-order chi connectivity index (χ1) is 22.8. The monoisotopic (exact) mass is 665 g/mol. The molecule has 0 unspecified atom stereocenters. The van der Waals surface area contributed by atoms with E-state index in [9.17, 15) is 32.7 Å². The van der Waals surface area contributed by atoms with Gasteiger partial charge in [-0.05, 0) is 50.5 Å². The zero-order valence-electron chi connectivity index (χ0n) is 26.7. The van der Waals surface area contributed by atoms with Gasteiger partial charge in [-0.25, -0.2) is 19.9 Å². The quantitative estimate of drug-likeness (QED) is 0.301. The largest absolute Gasteiger partial charge is 0.504 e. The molecular formula is C32H34F3N9O4. The third-order valence-corrected chi connectivity index (χ3v) is 8.96. The first kappa shape index (κ1) is 32.7. The van der Waals surface area contributed by atoms with Crippen LogP contribution in [-0.2, 0) is 23.9 Å². The lowest BCUT2D eigenvalue weighted by Crippen LogP contribution is -2.67. The van der Waals surface area contributed by atoms with Gasteiger partial charge in [-0.2, -0.15) is 13.2 Å². The van der Waals surface area contributed by atoms with E-state index in [0.29, 0.717) is 48.7 Å². The summed E-state index contributed by atoms with van der Waals surface area (Å²) in [4.78, 5) is 63.7. The second-order valence-corrected chi connectivity index (χ2v) is 12.0. The Morgan fingerprint density at radius 2 is 1.77 bits per heavy atom. The van der Waals surface area contributed by atoms with Gasteiger partial charge in [0.25, 0.3) is 5.91 Å². The fourth-order valence-electron chi connectivity index (χ4n) is 6.38. The van der Waals surface area contributed by atoms with Crippen LogP contribution in [-0.4, -0.2) is 85.6 Å². The number of pyridine rings is 1. The second-order valence-electron chi connectivity index (χ2n) is 12.0. The molecule has 2 amide bonds. The summed E-state index contributed by atoms with van der Waals surface area (Å²) in [6.07, 6.45) is -0.0538. The van der Waals surface area contributed by atoms with E-state index in [1.165, 1.54) is 24.7 Å². The molecule has 0 bridgehead atoms. The van der Waals surface area contributed by atoms with Crippen LogP contribution in [0.1, 0.15) is 47.2 Å². The van der Waals surface area contributed by atoms with E-state index in [4.69, 9.17) is 0 Å². The Morgan fingerprint density at radius 3 is 2.40 bits per heavy atom. The number of carbonyl (C=O) groups is 2. The molecule has 4 aromatic rings. The van der Waals surface area contributed by atoms with Crippen LogP contribution in [0.2, 0.25) is 0 Å². The van der Waals surface area contributed by atoms with Crippen LogP contribution < -0.4 is 20.5 Å². The van der Waals surface area contributed by atoms with Gasteiger partial charge in [0.2, 0.25) is 11.3 Å². The minimum Gasteiger partial charge on any atom is -0.504 e. The van der Waals surface area contributed by atoms with Gasteiger partial charge in [-0.3, -0.25) is 14.4 Å². The first-order valence-electron chi connectivity index (χ1n) is 15.4. The van der Waals surface area contributed by atoms with Crippen molar-refractivity contribution in [3.05, 3.63) is 69.7 Å². The van der Waals surface area contributed by atoms with Gasteiger partial charge in [0.1, 0.15) is 24.4 Å². The summed E-state index contributed by atoms with van der Waals surface area (Å²) in [7, 11) is 3.53. The highest BCUT2D eigenvalue weighted by Gasteiger charge is 2.47. The molecule has 48 heavy (non-hydrogen) atoms. The summed E-state index contributed by atoms with van der Waals surface area (Å²) in [5, 5.41) is 13.1. The lowest BCUT2D eigenvalue weighted by Gasteiger charge is -2.54. The molecule has 4 heterocycles. The van der Waals surface area contributed by atoms with E-state index in [1.54, 1.807) is 35.4 Å². The van der Waals surface area contributed by atoms with E-state index >= 15 is 0 Å². The highest BCUT2D eigenvalue weighted by atomic mass is 19.4. The van der Waals surface area contributed by atoms with Crippen LogP contribution in [0.15, 0.2) is 41.6 Å². The van der Waals surface area contributed by atoms with Gasteiger partial charge in [-0.15, -0.1) is 0 Å². The number of aromatic nitrogens is 5. The third-order valence-electron chi connectivity index (χ3n) is 8.96. The van der Waals surface area contributed by atoms with Crippen molar-refractivity contribution in [2.75, 3.05) is 42.3 Å². The molecule has 6 rings (SSSR count). The Bertz CT molecular complexity index is 1960. The lowest BCUT2D eigenvalue weighted by atomic mass is 9.81. The molecule has 2 atom stereocenters. The van der Waals surface area contributed by atoms with E-state index in [2.05, 4.69) is 25.3 Å². The zero-order valence-corrected chi connectivity index (χ0v) is 26.7. The van der Waals surface area contributed by atoms with Gasteiger partial charge in [0.05, 0.1) is 23.5 Å². The Hall–Kier alpha value is -5.28. The molecule has 13 nitrogen and oxygen atoms in total. The maximum atomic E-state index is 14.3. The molecule has 1 saturated carbocycles. The minimum atomic E-state index is -4.51. The normalized spacial score (nSPS) is 17.6. The number of nitrogens with zero attached hydrogens (tertiary/aromatic N) is 8. The highest BCUT2D eigenvalue weighted by Crippen LogP contribution is 2.39. The van der Waals surface area contributed by atoms with Crippen LogP contribution >= 0.6 is 0 Å². The van der Waals surface area contributed by atoms with Crippen LogP contribution in [0.25, 0.3) is 11.2 Å². The Morgan fingerprint density at radius 1 is 1.06 bits per heavy atom. The predicted molar refractivity (Wildman–Crippen MR) is 171 cm³/mol. The average Bonchev–Trinajstić information content (AvgIpc) is 3.03. The molecule has 0 spiro atoms. The van der Waals surface area contributed by atoms with E-state index in [0.717, 1.165) is 12.1 Å². The lowest BCUT2D eigenvalue weighted by molar-refractivity contribution is -0.137. The van der Waals surface area contributed by atoms with E-state index in [-0.39, 0.29) is 58.9 Å². The molecule has 1 aliphatic carbocycles. The van der Waals surface area contributed by atoms with Crippen LogP contribution in [0.5, 0.6) is 5.75 Å². The SMILES string of the molecule is CCc1c(N2CCN(C(=O)c3ncnc(C)c3O)[C@H]3CC[C@@H]32)c(=O)c2nc(N(C)C)cnc2n1CC(=O)Nc1ccc(C(F)(F)F)cc1. The number of alkyl halides is 3. The van der Waals surface area contributed by atoms with Crippen molar-refractivity contribution in [1.82, 2.24) is 29.4 Å². The van der Waals surface area contributed by atoms with Crippen LogP contribution in [0.3, 0.4) is 0 Å². The maximum absolute atomic E-state index is 14.3. The van der Waals surface area contributed by atoms with E-state index in [1.807, 2.05) is 11.8 Å². The zero-order chi connectivity index (χ0) is 34.5. The number of benzene rings is 1. The Kier molecular flexibility index (Phi) is 8.43. The number of piperazine rings is 1. The summed E-state index contributed by atoms with van der Waals surface area (Å²) >= 11 is 0. The first-order valence-corrected chi connectivity index (χ1v) is 15.4. The molecule has 2 aliphatic rings. The molecule has 16 heteroatoms. The summed E-state index contributed by atoms with van der Waals surface area (Å²) in [5.74, 6) is -0.778. The topological polar surface area (TPSA) is 150 Å². The van der Waals surface area contributed by atoms with Crippen molar-refractivity contribution in [2.24, 2.45) is 0 Å². The fraction of sp³-hybridized carbons (Fsp3) is 0.406. The number of hydrogen-bond acceptors (Lipinski definition) is 10. The molecular weight excluding hydrogens is 631 g/mol. The van der Waals surface area contributed by atoms with Gasteiger partial charge in [0.15, 0.2) is 22.6 Å². The van der Waals surface area contributed by atoms with Crippen molar-refractivity contribution in [3.8, 4) is 5.75 Å². The molecule has 2 fully saturated rings. The highest BCUT2D eigenvalue weighted by molar-refractivity contribution is 5.96. The Balaban J connectivity index is 1.37. The standard InChI is InChI=1S/C32H34F3N9O4/c1-5-20-27(42-12-13-43(22-11-10-21(22)42)31(48)26-28(46)17(2)37-16-38-26)29(47)25-30(36-14-23(40-25)41(3)4)44(20)15-24(45)39-19-8-6-18(7-9-19)32(33,34)35/h6-9,14,16,21-22,46H,5,10-13,15H2,1-4H3,(H,39,45)/t21-,22-/m0/s1. The second kappa shape index (κ2) is 12.4.